The van der Waals surface area contributed by atoms with Crippen LogP contribution in [0.5, 0.6) is 11.5 Å². The van der Waals surface area contributed by atoms with E-state index in [0.29, 0.717) is 5.56 Å². The van der Waals surface area contributed by atoms with Gasteiger partial charge in [0.05, 0.1) is 9.40 Å². The van der Waals surface area contributed by atoms with Gasteiger partial charge in [-0.15, -0.1) is 0 Å². The molecule has 2 aromatic carbocycles. The van der Waals surface area contributed by atoms with Crippen molar-refractivity contribution in [3.63, 3.8) is 0 Å². The third-order valence-electron chi connectivity index (χ3n) is 2.58. The minimum Gasteiger partial charge on any atom is -0.450 e. The molecule has 0 saturated heterocycles. The third-order valence-corrected chi connectivity index (χ3v) is 3.80. The van der Waals surface area contributed by atoms with Crippen molar-refractivity contribution >= 4 is 37.5 Å². The molecular weight excluding hydrogens is 416 g/mol. The van der Waals surface area contributed by atoms with Crippen LogP contribution in [0.2, 0.25) is 0 Å². The summed E-state index contributed by atoms with van der Waals surface area (Å²) in [6, 6.07) is 5.63. The van der Waals surface area contributed by atoms with Gasteiger partial charge in [-0.05, 0) is 34.1 Å². The molecule has 0 unspecified atom stereocenters. The molecule has 0 aliphatic rings. The van der Waals surface area contributed by atoms with Crippen molar-refractivity contribution in [2.24, 2.45) is 0 Å². The van der Waals surface area contributed by atoms with Crippen molar-refractivity contribution in [3.05, 3.63) is 62.1 Å². The van der Waals surface area contributed by atoms with E-state index in [-0.39, 0.29) is 21.3 Å². The van der Waals surface area contributed by atoms with E-state index in [0.717, 1.165) is 18.2 Å². The van der Waals surface area contributed by atoms with Crippen molar-refractivity contribution in [2.45, 2.75) is 5.33 Å². The Morgan fingerprint density at radius 2 is 1.90 bits per heavy atom. The number of ether oxygens (including phenoxy) is 1. The highest BCUT2D eigenvalue weighted by atomic mass is 79.9. The molecule has 2 aromatic rings. The summed E-state index contributed by atoms with van der Waals surface area (Å²) in [5.41, 5.74) is 0.0562. The van der Waals surface area contributed by atoms with Crippen LogP contribution in [0.3, 0.4) is 0 Å². The maximum atomic E-state index is 13.6. The van der Waals surface area contributed by atoms with E-state index in [1.165, 1.54) is 12.1 Å². The molecule has 0 aromatic heterocycles. The maximum absolute atomic E-state index is 13.6. The Labute approximate surface area is 135 Å². The molecule has 0 N–H and O–H groups in total. The second-order valence-corrected chi connectivity index (χ2v) is 5.39. The van der Waals surface area contributed by atoms with E-state index in [1.54, 1.807) is 0 Å². The highest BCUT2D eigenvalue weighted by Crippen LogP contribution is 2.37. The Kier molecular flexibility index (Phi) is 4.89. The van der Waals surface area contributed by atoms with Crippen LogP contribution < -0.4 is 4.74 Å². The highest BCUT2D eigenvalue weighted by molar-refractivity contribution is 9.10. The number of rotatable bonds is 4. The number of benzene rings is 2. The van der Waals surface area contributed by atoms with Crippen LogP contribution in [0.15, 0.2) is 34.8 Å². The quantitative estimate of drug-likeness (QED) is 0.380. The zero-order valence-corrected chi connectivity index (χ0v) is 13.4. The van der Waals surface area contributed by atoms with Crippen LogP contribution in [0, 0.1) is 21.7 Å². The molecule has 2 rings (SSSR count). The van der Waals surface area contributed by atoms with E-state index in [9.17, 15) is 18.9 Å². The first-order chi connectivity index (χ1) is 9.92. The van der Waals surface area contributed by atoms with Gasteiger partial charge in [-0.1, -0.05) is 15.9 Å². The first-order valence-electron chi connectivity index (χ1n) is 5.58. The highest BCUT2D eigenvalue weighted by Gasteiger charge is 2.20. The minimum atomic E-state index is -0.696. The summed E-state index contributed by atoms with van der Waals surface area (Å²) < 4.78 is 32.0. The molecule has 0 fully saturated rings. The van der Waals surface area contributed by atoms with E-state index < -0.39 is 22.2 Å². The smallest absolute Gasteiger partial charge is 0.312 e. The fraction of sp³-hybridized carbons (Fsp3) is 0.0769. The van der Waals surface area contributed by atoms with Crippen molar-refractivity contribution in [1.29, 1.82) is 0 Å². The van der Waals surface area contributed by atoms with Gasteiger partial charge in [-0.3, -0.25) is 10.1 Å². The predicted molar refractivity (Wildman–Crippen MR) is 79.9 cm³/mol. The third kappa shape index (κ3) is 3.56. The van der Waals surface area contributed by atoms with E-state index in [4.69, 9.17) is 4.74 Å². The van der Waals surface area contributed by atoms with Crippen LogP contribution in [-0.4, -0.2) is 4.92 Å². The zero-order chi connectivity index (χ0) is 15.6. The van der Waals surface area contributed by atoms with Gasteiger partial charge in [0.1, 0.15) is 17.4 Å². The Morgan fingerprint density at radius 3 is 2.52 bits per heavy atom. The second kappa shape index (κ2) is 6.48. The minimum absolute atomic E-state index is 0.0404. The van der Waals surface area contributed by atoms with Gasteiger partial charge < -0.3 is 4.74 Å². The predicted octanol–water partition coefficient (Wildman–Crippen LogP) is 5.32. The Bertz CT molecular complexity index is 710. The summed E-state index contributed by atoms with van der Waals surface area (Å²) in [5, 5.41) is 11.3. The summed E-state index contributed by atoms with van der Waals surface area (Å²) in [7, 11) is 0. The van der Waals surface area contributed by atoms with Gasteiger partial charge in [-0.25, -0.2) is 8.78 Å². The summed E-state index contributed by atoms with van der Waals surface area (Å²) >= 11 is 6.05. The monoisotopic (exact) mass is 421 g/mol. The lowest BCUT2D eigenvalue weighted by molar-refractivity contribution is -0.385. The van der Waals surface area contributed by atoms with Gasteiger partial charge in [-0.2, -0.15) is 0 Å². The maximum Gasteiger partial charge on any atom is 0.312 e. The van der Waals surface area contributed by atoms with E-state index >= 15 is 0 Å². The Morgan fingerprint density at radius 1 is 1.19 bits per heavy atom. The number of nitrogens with zero attached hydrogens (tertiary/aromatic N) is 1. The van der Waals surface area contributed by atoms with Gasteiger partial charge in [0, 0.05) is 23.0 Å². The van der Waals surface area contributed by atoms with Crippen LogP contribution in [0.1, 0.15) is 5.56 Å². The topological polar surface area (TPSA) is 52.4 Å². The first-order valence-corrected chi connectivity index (χ1v) is 7.49. The summed E-state index contributed by atoms with van der Waals surface area (Å²) in [4.78, 5) is 10.3. The van der Waals surface area contributed by atoms with Gasteiger partial charge in [0.2, 0.25) is 5.75 Å². The zero-order valence-electron chi connectivity index (χ0n) is 10.3. The fourth-order valence-corrected chi connectivity index (χ4v) is 2.38. The summed E-state index contributed by atoms with van der Waals surface area (Å²) in [5.74, 6) is -1.21. The molecule has 0 heterocycles. The number of alkyl halides is 1. The van der Waals surface area contributed by atoms with Crippen molar-refractivity contribution < 1.29 is 18.4 Å². The molecule has 8 heteroatoms. The normalized spacial score (nSPS) is 10.5. The van der Waals surface area contributed by atoms with Gasteiger partial charge in [0.15, 0.2) is 0 Å². The molecule has 0 atom stereocenters. The average Bonchev–Trinajstić information content (AvgIpc) is 2.44. The molecule has 0 radical (unpaired) electrons. The molecule has 0 spiro atoms. The lowest BCUT2D eigenvalue weighted by Crippen LogP contribution is -1.97. The largest absolute Gasteiger partial charge is 0.450 e. The van der Waals surface area contributed by atoms with Crippen LogP contribution >= 0.6 is 31.9 Å². The SMILES string of the molecule is O=[N+]([O-])c1cc(Br)c(F)cc1Oc1ccc(F)cc1CBr. The molecule has 110 valence electrons. The van der Waals surface area contributed by atoms with Crippen LogP contribution in [-0.2, 0) is 5.33 Å². The Balaban J connectivity index is 2.48. The molecule has 21 heavy (non-hydrogen) atoms. The molecule has 0 aliphatic carbocycles. The van der Waals surface area contributed by atoms with E-state index in [1.807, 2.05) is 0 Å². The molecule has 0 amide bonds. The van der Waals surface area contributed by atoms with Gasteiger partial charge >= 0.3 is 5.69 Å². The molecule has 4 nitrogen and oxygen atoms in total. The molecule has 0 aliphatic heterocycles. The average molecular weight is 423 g/mol. The van der Waals surface area contributed by atoms with E-state index in [2.05, 4.69) is 31.9 Å². The summed E-state index contributed by atoms with van der Waals surface area (Å²) in [6.07, 6.45) is 0. The van der Waals surface area contributed by atoms with Crippen molar-refractivity contribution in [1.82, 2.24) is 0 Å². The molecule has 0 saturated carbocycles. The standard InChI is InChI=1S/C13H7Br2F2NO3/c14-6-7-3-8(16)1-2-12(7)21-13-5-10(17)9(15)4-11(13)18(19)20/h1-5H,6H2. The molecule has 0 bridgehead atoms. The second-order valence-electron chi connectivity index (χ2n) is 3.98. The number of nitro benzene ring substituents is 1. The first kappa shape index (κ1) is 15.8. The fourth-order valence-electron chi connectivity index (χ4n) is 1.61. The van der Waals surface area contributed by atoms with Crippen molar-refractivity contribution in [3.8, 4) is 11.5 Å². The summed E-state index contributed by atoms with van der Waals surface area (Å²) in [6.45, 7) is 0. The lowest BCUT2D eigenvalue weighted by Gasteiger charge is -2.10. The van der Waals surface area contributed by atoms with Crippen LogP contribution in [0.4, 0.5) is 14.5 Å². The molecular formula is C13H7Br2F2NO3. The Hall–Kier alpha value is -1.54. The van der Waals surface area contributed by atoms with Gasteiger partial charge in [0.25, 0.3) is 0 Å². The number of hydrogen-bond acceptors (Lipinski definition) is 3. The number of nitro groups is 1. The number of halogens is 4. The van der Waals surface area contributed by atoms with Crippen LogP contribution in [0.25, 0.3) is 0 Å². The van der Waals surface area contributed by atoms with Crippen molar-refractivity contribution in [2.75, 3.05) is 0 Å². The number of hydrogen-bond donors (Lipinski definition) is 0. The lowest BCUT2D eigenvalue weighted by atomic mass is 10.2.